The minimum absolute atomic E-state index is 0.284. The van der Waals surface area contributed by atoms with E-state index in [9.17, 15) is 4.79 Å². The molecule has 3 aliphatic rings. The van der Waals surface area contributed by atoms with E-state index in [0.29, 0.717) is 18.0 Å². The molecule has 29 heavy (non-hydrogen) atoms. The minimum atomic E-state index is 0.284. The van der Waals surface area contributed by atoms with E-state index in [2.05, 4.69) is 41.5 Å². The molecule has 0 bridgehead atoms. The Balaban J connectivity index is 1.53. The Hall–Kier alpha value is -1.30. The number of hydrogen-bond acceptors (Lipinski definition) is 3. The molecule has 0 aromatic heterocycles. The monoisotopic (exact) mass is 405 g/mol. The lowest BCUT2D eigenvalue weighted by molar-refractivity contribution is -0.134. The fourth-order valence-corrected chi connectivity index (χ4v) is 5.46. The number of likely N-dealkylation sites (N-methyl/N-ethyl adjacent to an activating group) is 1. The molecule has 2 N–H and O–H groups in total. The topological polar surface area (TPSA) is 60.0 Å². The Bertz CT molecular complexity index is 537. The highest BCUT2D eigenvalue weighted by molar-refractivity contribution is 5.81. The molecule has 2 atom stereocenters. The predicted molar refractivity (Wildman–Crippen MR) is 120 cm³/mol. The summed E-state index contributed by atoms with van der Waals surface area (Å²) >= 11 is 0. The third-order valence-corrected chi connectivity index (χ3v) is 7.18. The number of likely N-dealkylation sites (tertiary alicyclic amines) is 1. The maximum absolute atomic E-state index is 12.7. The van der Waals surface area contributed by atoms with Crippen molar-refractivity contribution in [3.63, 3.8) is 0 Å². The molecule has 6 nitrogen and oxygen atoms in total. The maximum Gasteiger partial charge on any atom is 0.225 e. The lowest BCUT2D eigenvalue weighted by atomic mass is 9.83. The van der Waals surface area contributed by atoms with Crippen LogP contribution in [0.25, 0.3) is 0 Å². The molecular formula is C23H43N5O. The van der Waals surface area contributed by atoms with Crippen molar-refractivity contribution in [2.75, 3.05) is 40.3 Å². The molecule has 0 aromatic rings. The number of aliphatic imine (C=N–C) groups is 1. The summed E-state index contributed by atoms with van der Waals surface area (Å²) in [5.74, 6) is 2.34. The number of nitrogens with zero attached hydrogens (tertiary/aromatic N) is 3. The number of amides is 1. The van der Waals surface area contributed by atoms with Crippen LogP contribution in [0.15, 0.2) is 4.99 Å². The van der Waals surface area contributed by atoms with Crippen LogP contribution in [0.2, 0.25) is 0 Å². The van der Waals surface area contributed by atoms with E-state index in [0.717, 1.165) is 57.3 Å². The summed E-state index contributed by atoms with van der Waals surface area (Å²) in [5.41, 5.74) is 0. The van der Waals surface area contributed by atoms with E-state index in [1.165, 1.54) is 44.9 Å². The molecule has 1 amide bonds. The van der Waals surface area contributed by atoms with Gasteiger partial charge in [0.15, 0.2) is 5.96 Å². The number of guanidine groups is 1. The van der Waals surface area contributed by atoms with Crippen LogP contribution in [0, 0.1) is 11.8 Å². The summed E-state index contributed by atoms with van der Waals surface area (Å²) in [6.07, 6.45) is 12.4. The van der Waals surface area contributed by atoms with Gasteiger partial charge in [0.25, 0.3) is 0 Å². The standard InChI is InChI=1S/C23H43N5O/c1-4-24-23(25-16-21(27(2)3)18-10-6-5-7-11-18)26-20-14-15-28(17-20)22(29)19-12-8-9-13-19/h18-21H,4-17H2,1-3H3,(H2,24,25,26). The van der Waals surface area contributed by atoms with Gasteiger partial charge in [-0.1, -0.05) is 32.1 Å². The van der Waals surface area contributed by atoms with E-state index >= 15 is 0 Å². The molecule has 0 aromatic carbocycles. The van der Waals surface area contributed by atoms with Gasteiger partial charge in [0.05, 0.1) is 6.54 Å². The van der Waals surface area contributed by atoms with Crippen molar-refractivity contribution in [2.24, 2.45) is 16.8 Å². The van der Waals surface area contributed by atoms with E-state index in [1.54, 1.807) is 0 Å². The van der Waals surface area contributed by atoms with Gasteiger partial charge in [-0.2, -0.15) is 0 Å². The SMILES string of the molecule is CCNC(=NCC(C1CCCCC1)N(C)C)NC1CCN(C(=O)C2CCCC2)C1. The zero-order valence-electron chi connectivity index (χ0n) is 19.0. The zero-order valence-corrected chi connectivity index (χ0v) is 19.0. The van der Waals surface area contributed by atoms with Crippen molar-refractivity contribution in [2.45, 2.75) is 83.2 Å². The Morgan fingerprint density at radius 1 is 1.07 bits per heavy atom. The summed E-state index contributed by atoms with van der Waals surface area (Å²) in [5, 5.41) is 7.04. The van der Waals surface area contributed by atoms with E-state index < -0.39 is 0 Å². The van der Waals surface area contributed by atoms with Crippen LogP contribution in [-0.4, -0.2) is 74.0 Å². The first kappa shape index (κ1) is 22.4. The summed E-state index contributed by atoms with van der Waals surface area (Å²) in [6.45, 7) is 5.52. The van der Waals surface area contributed by atoms with Crippen molar-refractivity contribution in [1.29, 1.82) is 0 Å². The van der Waals surface area contributed by atoms with Crippen LogP contribution >= 0.6 is 0 Å². The number of hydrogen-bond donors (Lipinski definition) is 2. The highest BCUT2D eigenvalue weighted by atomic mass is 16.2. The van der Waals surface area contributed by atoms with E-state index in [-0.39, 0.29) is 5.92 Å². The van der Waals surface area contributed by atoms with Crippen LogP contribution in [0.3, 0.4) is 0 Å². The average Bonchev–Trinajstić information content (AvgIpc) is 3.41. The molecule has 3 rings (SSSR count). The van der Waals surface area contributed by atoms with Crippen molar-refractivity contribution in [1.82, 2.24) is 20.4 Å². The molecule has 0 radical (unpaired) electrons. The number of carbonyl (C=O) groups is 1. The molecule has 2 saturated carbocycles. The van der Waals surface area contributed by atoms with Gasteiger partial charge in [0, 0.05) is 37.6 Å². The Morgan fingerprint density at radius 3 is 2.41 bits per heavy atom. The fraction of sp³-hybridized carbons (Fsp3) is 0.913. The molecule has 6 heteroatoms. The second-order valence-corrected chi connectivity index (χ2v) is 9.54. The van der Waals surface area contributed by atoms with Crippen LogP contribution in [0.1, 0.15) is 71.1 Å². The van der Waals surface area contributed by atoms with Crippen molar-refractivity contribution in [3.05, 3.63) is 0 Å². The van der Waals surface area contributed by atoms with Crippen LogP contribution in [0.5, 0.6) is 0 Å². The maximum atomic E-state index is 12.7. The third-order valence-electron chi connectivity index (χ3n) is 7.18. The van der Waals surface area contributed by atoms with Gasteiger partial charge in [-0.15, -0.1) is 0 Å². The zero-order chi connectivity index (χ0) is 20.6. The molecule has 1 heterocycles. The highest BCUT2D eigenvalue weighted by Crippen LogP contribution is 2.29. The molecule has 1 saturated heterocycles. The van der Waals surface area contributed by atoms with Crippen molar-refractivity contribution < 1.29 is 4.79 Å². The number of nitrogens with one attached hydrogen (secondary N) is 2. The van der Waals surface area contributed by atoms with Crippen molar-refractivity contribution in [3.8, 4) is 0 Å². The first-order chi connectivity index (χ1) is 14.1. The molecule has 166 valence electrons. The van der Waals surface area contributed by atoms with Gasteiger partial charge in [-0.3, -0.25) is 9.79 Å². The Kier molecular flexibility index (Phi) is 8.64. The Labute approximate surface area is 177 Å². The quantitative estimate of drug-likeness (QED) is 0.505. The average molecular weight is 406 g/mol. The van der Waals surface area contributed by atoms with Gasteiger partial charge in [-0.05, 0) is 59.0 Å². The summed E-state index contributed by atoms with van der Waals surface area (Å²) in [7, 11) is 4.39. The van der Waals surface area contributed by atoms with Crippen molar-refractivity contribution >= 4 is 11.9 Å². The van der Waals surface area contributed by atoms with Crippen LogP contribution in [0.4, 0.5) is 0 Å². The first-order valence-corrected chi connectivity index (χ1v) is 12.1. The third kappa shape index (κ3) is 6.34. The minimum Gasteiger partial charge on any atom is -0.357 e. The normalized spacial score (nSPS) is 25.6. The lowest BCUT2D eigenvalue weighted by Crippen LogP contribution is -2.46. The first-order valence-electron chi connectivity index (χ1n) is 12.1. The molecule has 0 spiro atoms. The second kappa shape index (κ2) is 11.2. The van der Waals surface area contributed by atoms with Gasteiger partial charge in [-0.25, -0.2) is 0 Å². The molecule has 1 aliphatic heterocycles. The smallest absolute Gasteiger partial charge is 0.225 e. The van der Waals surface area contributed by atoms with Gasteiger partial charge in [0.1, 0.15) is 0 Å². The molecule has 3 fully saturated rings. The molecular weight excluding hydrogens is 362 g/mol. The second-order valence-electron chi connectivity index (χ2n) is 9.54. The Morgan fingerprint density at radius 2 is 1.76 bits per heavy atom. The predicted octanol–water partition coefficient (Wildman–Crippen LogP) is 2.84. The fourth-order valence-electron chi connectivity index (χ4n) is 5.46. The lowest BCUT2D eigenvalue weighted by Gasteiger charge is -2.34. The number of rotatable bonds is 7. The van der Waals surface area contributed by atoms with Crippen LogP contribution in [-0.2, 0) is 4.79 Å². The highest BCUT2D eigenvalue weighted by Gasteiger charge is 2.32. The number of carbonyl (C=O) groups excluding carboxylic acids is 1. The summed E-state index contributed by atoms with van der Waals surface area (Å²) in [6, 6.07) is 0.820. The van der Waals surface area contributed by atoms with Crippen LogP contribution < -0.4 is 10.6 Å². The van der Waals surface area contributed by atoms with Gasteiger partial charge >= 0.3 is 0 Å². The van der Waals surface area contributed by atoms with E-state index in [1.807, 2.05) is 0 Å². The summed E-state index contributed by atoms with van der Waals surface area (Å²) in [4.78, 5) is 22.1. The summed E-state index contributed by atoms with van der Waals surface area (Å²) < 4.78 is 0. The van der Waals surface area contributed by atoms with E-state index in [4.69, 9.17) is 4.99 Å². The van der Waals surface area contributed by atoms with Gasteiger partial charge < -0.3 is 20.4 Å². The molecule has 2 aliphatic carbocycles. The molecule has 2 unspecified atom stereocenters. The largest absolute Gasteiger partial charge is 0.357 e. The van der Waals surface area contributed by atoms with Gasteiger partial charge in [0.2, 0.25) is 5.91 Å².